The van der Waals surface area contributed by atoms with E-state index in [1.165, 1.54) is 0 Å². The van der Waals surface area contributed by atoms with Crippen LogP contribution in [0, 0.1) is 0 Å². The first-order valence-corrected chi connectivity index (χ1v) is 6.20. The second-order valence-corrected chi connectivity index (χ2v) is 4.15. The van der Waals surface area contributed by atoms with Gasteiger partial charge in [-0.15, -0.1) is 0 Å². The van der Waals surface area contributed by atoms with Gasteiger partial charge in [-0.05, 0) is 25.1 Å². The van der Waals surface area contributed by atoms with Crippen LogP contribution >= 0.6 is 0 Å². The summed E-state index contributed by atoms with van der Waals surface area (Å²) in [6.45, 7) is 2.51. The number of nitrogens with two attached hydrogens (primary N) is 1. The molecule has 1 heterocycles. The maximum Gasteiger partial charge on any atom is 0.161 e. The summed E-state index contributed by atoms with van der Waals surface area (Å²) in [4.78, 5) is 11.2. The number of benzene rings is 1. The number of aryl methyl sites for hydroxylation is 1. The monoisotopic (exact) mass is 275 g/mol. The highest BCUT2D eigenvalue weighted by Crippen LogP contribution is 2.34. The molecule has 0 saturated carbocycles. The van der Waals surface area contributed by atoms with E-state index < -0.39 is 0 Å². The van der Waals surface area contributed by atoms with Gasteiger partial charge in [0.2, 0.25) is 0 Å². The van der Waals surface area contributed by atoms with E-state index in [1.807, 2.05) is 13.0 Å². The van der Waals surface area contributed by atoms with E-state index in [2.05, 4.69) is 5.10 Å². The topological polar surface area (TPSA) is 79.4 Å². The third-order valence-corrected chi connectivity index (χ3v) is 3.10. The van der Waals surface area contributed by atoms with E-state index in [0.29, 0.717) is 35.1 Å². The van der Waals surface area contributed by atoms with Crippen molar-refractivity contribution in [2.45, 2.75) is 13.5 Å². The van der Waals surface area contributed by atoms with E-state index in [1.54, 1.807) is 31.0 Å². The van der Waals surface area contributed by atoms with Crippen molar-refractivity contribution in [3.63, 3.8) is 0 Å². The zero-order valence-electron chi connectivity index (χ0n) is 11.7. The molecule has 0 radical (unpaired) electrons. The van der Waals surface area contributed by atoms with Gasteiger partial charge in [-0.25, -0.2) is 4.68 Å². The van der Waals surface area contributed by atoms with Gasteiger partial charge in [-0.2, -0.15) is 5.10 Å². The van der Waals surface area contributed by atoms with Crippen LogP contribution in [0.3, 0.4) is 0 Å². The van der Waals surface area contributed by atoms with Crippen molar-refractivity contribution in [3.8, 4) is 22.8 Å². The number of methoxy groups -OCH3 is 2. The minimum Gasteiger partial charge on any atom is -0.493 e. The second-order valence-electron chi connectivity index (χ2n) is 4.15. The van der Waals surface area contributed by atoms with Crippen molar-refractivity contribution >= 4 is 12.1 Å². The molecular weight excluding hydrogens is 258 g/mol. The van der Waals surface area contributed by atoms with Crippen LogP contribution in [0.4, 0.5) is 5.82 Å². The number of nitrogen functional groups attached to an aromatic ring is 1. The lowest BCUT2D eigenvalue weighted by molar-refractivity contribution is 0.112. The molecule has 6 heteroatoms. The number of nitrogens with zero attached hydrogens (tertiary/aromatic N) is 2. The Kier molecular flexibility index (Phi) is 3.93. The standard InChI is InChI=1S/C14H17N3O3/c1-4-17-14(15)10(8-18)13(16-17)9-5-6-11(19-2)12(7-9)20-3/h5-8H,4,15H2,1-3H3. The molecule has 6 nitrogen and oxygen atoms in total. The van der Waals surface area contributed by atoms with Gasteiger partial charge >= 0.3 is 0 Å². The predicted molar refractivity (Wildman–Crippen MR) is 76.2 cm³/mol. The molecule has 0 spiro atoms. The lowest BCUT2D eigenvalue weighted by Crippen LogP contribution is -2.02. The SMILES string of the molecule is CCn1nc(-c2ccc(OC)c(OC)c2)c(C=O)c1N. The first kappa shape index (κ1) is 13.9. The molecule has 0 aliphatic rings. The minimum atomic E-state index is 0.368. The molecule has 0 unspecified atom stereocenters. The van der Waals surface area contributed by atoms with Crippen LogP contribution in [-0.4, -0.2) is 30.3 Å². The average Bonchev–Trinajstić information content (AvgIpc) is 2.82. The number of anilines is 1. The number of aromatic nitrogens is 2. The smallest absolute Gasteiger partial charge is 0.161 e. The molecule has 20 heavy (non-hydrogen) atoms. The van der Waals surface area contributed by atoms with Gasteiger partial charge in [-0.1, -0.05) is 0 Å². The van der Waals surface area contributed by atoms with Crippen molar-refractivity contribution in [3.05, 3.63) is 23.8 Å². The maximum absolute atomic E-state index is 11.2. The Morgan fingerprint density at radius 1 is 1.30 bits per heavy atom. The number of aldehydes is 1. The van der Waals surface area contributed by atoms with E-state index in [9.17, 15) is 4.79 Å². The normalized spacial score (nSPS) is 10.3. The fourth-order valence-electron chi connectivity index (χ4n) is 2.04. The summed E-state index contributed by atoms with van der Waals surface area (Å²) < 4.78 is 12.0. The van der Waals surface area contributed by atoms with E-state index >= 15 is 0 Å². The summed E-state index contributed by atoms with van der Waals surface area (Å²) in [5.41, 5.74) is 7.59. The van der Waals surface area contributed by atoms with Gasteiger partial charge in [0.1, 0.15) is 11.5 Å². The number of hydrogen-bond acceptors (Lipinski definition) is 5. The summed E-state index contributed by atoms with van der Waals surface area (Å²) in [7, 11) is 3.12. The number of rotatable bonds is 5. The van der Waals surface area contributed by atoms with Crippen molar-refractivity contribution < 1.29 is 14.3 Å². The van der Waals surface area contributed by atoms with Gasteiger partial charge in [0.05, 0.1) is 19.8 Å². The van der Waals surface area contributed by atoms with Crippen LogP contribution in [0.15, 0.2) is 18.2 Å². The first-order valence-electron chi connectivity index (χ1n) is 6.20. The zero-order chi connectivity index (χ0) is 14.7. The summed E-state index contributed by atoms with van der Waals surface area (Å²) in [6.07, 6.45) is 0.723. The molecule has 0 saturated heterocycles. The molecule has 0 aliphatic carbocycles. The fraction of sp³-hybridized carbons (Fsp3) is 0.286. The molecule has 2 N–H and O–H groups in total. The van der Waals surface area contributed by atoms with Crippen molar-refractivity contribution in [2.75, 3.05) is 20.0 Å². The van der Waals surface area contributed by atoms with Crippen LogP contribution < -0.4 is 15.2 Å². The Labute approximate surface area is 117 Å². The Hall–Kier alpha value is -2.50. The van der Waals surface area contributed by atoms with Crippen LogP contribution in [0.5, 0.6) is 11.5 Å². The van der Waals surface area contributed by atoms with Crippen LogP contribution in [0.2, 0.25) is 0 Å². The van der Waals surface area contributed by atoms with E-state index in [-0.39, 0.29) is 0 Å². The zero-order valence-corrected chi connectivity index (χ0v) is 11.7. The van der Waals surface area contributed by atoms with Crippen molar-refractivity contribution in [1.82, 2.24) is 9.78 Å². The maximum atomic E-state index is 11.2. The number of carbonyl (C=O) groups is 1. The Balaban J connectivity index is 2.59. The molecule has 0 bridgehead atoms. The Morgan fingerprint density at radius 2 is 2.00 bits per heavy atom. The van der Waals surface area contributed by atoms with Crippen LogP contribution in [-0.2, 0) is 6.54 Å². The first-order chi connectivity index (χ1) is 9.65. The van der Waals surface area contributed by atoms with Gasteiger partial charge in [0, 0.05) is 12.1 Å². The van der Waals surface area contributed by atoms with Gasteiger partial charge in [0.15, 0.2) is 17.8 Å². The molecule has 0 atom stereocenters. The van der Waals surface area contributed by atoms with Crippen LogP contribution in [0.1, 0.15) is 17.3 Å². The molecule has 0 amide bonds. The number of ether oxygens (including phenoxy) is 2. The number of carbonyl (C=O) groups excluding carboxylic acids is 1. The molecule has 0 fully saturated rings. The summed E-state index contributed by atoms with van der Waals surface area (Å²) in [5.74, 6) is 1.56. The lowest BCUT2D eigenvalue weighted by atomic mass is 10.1. The molecule has 106 valence electrons. The molecule has 1 aromatic heterocycles. The third-order valence-electron chi connectivity index (χ3n) is 3.10. The second kappa shape index (κ2) is 5.64. The summed E-state index contributed by atoms with van der Waals surface area (Å²) in [5, 5.41) is 4.36. The van der Waals surface area contributed by atoms with Crippen molar-refractivity contribution in [2.24, 2.45) is 0 Å². The molecule has 2 rings (SSSR count). The Morgan fingerprint density at radius 3 is 2.55 bits per heavy atom. The van der Waals surface area contributed by atoms with Gasteiger partial charge in [0.25, 0.3) is 0 Å². The third kappa shape index (κ3) is 2.20. The lowest BCUT2D eigenvalue weighted by Gasteiger charge is -2.08. The van der Waals surface area contributed by atoms with Crippen LogP contribution in [0.25, 0.3) is 11.3 Å². The Bertz CT molecular complexity index is 635. The van der Waals surface area contributed by atoms with Gasteiger partial charge < -0.3 is 15.2 Å². The van der Waals surface area contributed by atoms with Gasteiger partial charge in [-0.3, -0.25) is 4.79 Å². The molecule has 2 aromatic rings. The number of hydrogen-bond donors (Lipinski definition) is 1. The largest absolute Gasteiger partial charge is 0.493 e. The highest BCUT2D eigenvalue weighted by Gasteiger charge is 2.17. The highest BCUT2D eigenvalue weighted by atomic mass is 16.5. The quantitative estimate of drug-likeness (QED) is 0.844. The summed E-state index contributed by atoms with van der Waals surface area (Å²) in [6, 6.07) is 5.35. The summed E-state index contributed by atoms with van der Waals surface area (Å²) >= 11 is 0. The highest BCUT2D eigenvalue weighted by molar-refractivity contribution is 5.91. The predicted octanol–water partition coefficient (Wildman–Crippen LogP) is 1.98. The molecule has 1 aromatic carbocycles. The van der Waals surface area contributed by atoms with E-state index in [4.69, 9.17) is 15.2 Å². The molecular formula is C14H17N3O3. The van der Waals surface area contributed by atoms with E-state index in [0.717, 1.165) is 11.8 Å². The fourth-order valence-corrected chi connectivity index (χ4v) is 2.04. The molecule has 0 aliphatic heterocycles. The van der Waals surface area contributed by atoms with Crippen molar-refractivity contribution in [1.29, 1.82) is 0 Å². The minimum absolute atomic E-state index is 0.368. The average molecular weight is 275 g/mol.